The van der Waals surface area contributed by atoms with E-state index in [4.69, 9.17) is 9.72 Å². The highest BCUT2D eigenvalue weighted by Gasteiger charge is 2.40. The summed E-state index contributed by atoms with van der Waals surface area (Å²) in [5.74, 6) is 1.08. The molecule has 0 radical (unpaired) electrons. The number of likely N-dealkylation sites (tertiary alicyclic amines) is 2. The third kappa shape index (κ3) is 7.93. The van der Waals surface area contributed by atoms with Crippen LogP contribution in [0, 0.1) is 11.8 Å². The predicted molar refractivity (Wildman–Crippen MR) is 214 cm³/mol. The number of methoxy groups -OCH3 is 1. The SMILES string of the molecule is COC(=O)N[C@H](C(=O)N1CCC[C@H]1c1ncc(-c2ccc3cc(-c4ncc(-c5c[nH]c([C@@H]6CCCN6C(=O)[C@H](C(C)C)N(C)C(=O)O)n5)cn4)ncc3c2)[nH]1)C(C)C. The number of alkyl carbamates (subject to hydrolysis) is 1. The number of imidazole rings is 2. The number of nitrogens with zero attached hydrogens (tertiary/aromatic N) is 8. The number of carbonyl (C=O) groups is 4. The largest absolute Gasteiger partial charge is 0.465 e. The van der Waals surface area contributed by atoms with Gasteiger partial charge in [-0.05, 0) is 55.0 Å². The number of likely N-dealkylation sites (N-methyl/N-ethyl adjacent to an activating group) is 1. The maximum atomic E-state index is 13.6. The molecular formula is C41H49N11O6. The van der Waals surface area contributed by atoms with Gasteiger partial charge in [0.05, 0.1) is 36.8 Å². The van der Waals surface area contributed by atoms with Crippen molar-refractivity contribution in [3.05, 3.63) is 66.9 Å². The first-order valence-corrected chi connectivity index (χ1v) is 19.6. The Morgan fingerprint density at radius 2 is 1.52 bits per heavy atom. The zero-order valence-electron chi connectivity index (χ0n) is 33.5. The van der Waals surface area contributed by atoms with Crippen LogP contribution in [0.4, 0.5) is 9.59 Å². The number of pyridine rings is 1. The van der Waals surface area contributed by atoms with Crippen molar-refractivity contribution in [2.24, 2.45) is 11.8 Å². The summed E-state index contributed by atoms with van der Waals surface area (Å²) in [4.78, 5) is 85.4. The van der Waals surface area contributed by atoms with Gasteiger partial charge in [0.2, 0.25) is 11.8 Å². The smallest absolute Gasteiger partial charge is 0.407 e. The van der Waals surface area contributed by atoms with Gasteiger partial charge in [0.1, 0.15) is 29.4 Å². The van der Waals surface area contributed by atoms with Crippen molar-refractivity contribution in [2.75, 3.05) is 27.2 Å². The number of carboxylic acid groups (broad SMARTS) is 1. The number of hydrogen-bond donors (Lipinski definition) is 4. The molecule has 17 heteroatoms. The summed E-state index contributed by atoms with van der Waals surface area (Å²) >= 11 is 0. The lowest BCUT2D eigenvalue weighted by atomic mass is 10.0. The molecule has 4 amide bonds. The van der Waals surface area contributed by atoms with Crippen LogP contribution in [0.2, 0.25) is 0 Å². The third-order valence-corrected chi connectivity index (χ3v) is 11.1. The van der Waals surface area contributed by atoms with Crippen molar-refractivity contribution >= 4 is 34.8 Å². The molecule has 0 unspecified atom stereocenters. The quantitative estimate of drug-likeness (QED) is 0.125. The van der Waals surface area contributed by atoms with E-state index in [2.05, 4.69) is 35.2 Å². The van der Waals surface area contributed by atoms with Crippen LogP contribution >= 0.6 is 0 Å². The number of ether oxygens (including phenoxy) is 1. The molecule has 6 heterocycles. The average molecular weight is 792 g/mol. The minimum absolute atomic E-state index is 0.121. The summed E-state index contributed by atoms with van der Waals surface area (Å²) in [6.45, 7) is 8.57. The molecule has 17 nitrogen and oxygen atoms in total. The van der Waals surface area contributed by atoms with Crippen LogP contribution < -0.4 is 5.32 Å². The second-order valence-corrected chi connectivity index (χ2v) is 15.6. The Labute approximate surface area is 335 Å². The molecule has 1 aromatic carbocycles. The monoisotopic (exact) mass is 791 g/mol. The van der Waals surface area contributed by atoms with Gasteiger partial charge >= 0.3 is 12.2 Å². The Bertz CT molecular complexity index is 2300. The molecule has 5 aromatic rings. The lowest BCUT2D eigenvalue weighted by Crippen LogP contribution is -2.51. The molecule has 2 aliphatic heterocycles. The standard InChI is InChI=1S/C41H49N11O6/c1-22(2)33(49-40(55)58-6)38(53)51-13-7-9-31(51)36-45-20-29(47-36)25-12-11-24-16-28(42-17-26(24)15-25)35-43-18-27(19-44-35)30-21-46-37(48-30)32-10-8-14-52(32)39(54)34(23(3)4)50(5)41(56)57/h11-12,15-23,31-34H,7-10,13-14H2,1-6H3,(H,45,47)(H,46,48)(H,49,55)(H,56,57)/t31-,32-,33-,34-/m0/s1. The Balaban J connectivity index is 1.03. The molecule has 2 fully saturated rings. The van der Waals surface area contributed by atoms with Gasteiger partial charge < -0.3 is 34.9 Å². The van der Waals surface area contributed by atoms with Gasteiger partial charge in [-0.3, -0.25) is 19.5 Å². The molecule has 4 atom stereocenters. The molecule has 304 valence electrons. The Morgan fingerprint density at radius 3 is 2.17 bits per heavy atom. The molecule has 4 N–H and O–H groups in total. The number of rotatable bonds is 11. The Hall–Kier alpha value is -6.39. The van der Waals surface area contributed by atoms with Crippen LogP contribution in [0.1, 0.15) is 77.1 Å². The number of nitrogens with one attached hydrogen (secondary N) is 3. The highest BCUT2D eigenvalue weighted by molar-refractivity contribution is 5.89. The van der Waals surface area contributed by atoms with Crippen molar-refractivity contribution < 1.29 is 29.0 Å². The number of H-pyrrole nitrogens is 2. The van der Waals surface area contributed by atoms with E-state index < -0.39 is 24.3 Å². The van der Waals surface area contributed by atoms with E-state index >= 15 is 0 Å². The maximum absolute atomic E-state index is 13.6. The van der Waals surface area contributed by atoms with Gasteiger partial charge in [-0.25, -0.2) is 29.5 Å². The van der Waals surface area contributed by atoms with Crippen molar-refractivity contribution in [1.29, 1.82) is 0 Å². The first-order chi connectivity index (χ1) is 27.8. The molecule has 4 aromatic heterocycles. The third-order valence-electron chi connectivity index (χ3n) is 11.1. The van der Waals surface area contributed by atoms with Crippen LogP contribution in [-0.2, 0) is 14.3 Å². The topological polar surface area (TPSA) is 216 Å². The second kappa shape index (κ2) is 16.6. The van der Waals surface area contributed by atoms with E-state index in [0.29, 0.717) is 53.9 Å². The first-order valence-electron chi connectivity index (χ1n) is 19.6. The van der Waals surface area contributed by atoms with E-state index in [-0.39, 0.29) is 35.7 Å². The fourth-order valence-electron chi connectivity index (χ4n) is 8.03. The average Bonchev–Trinajstić information content (AvgIpc) is 4.06. The van der Waals surface area contributed by atoms with Crippen molar-refractivity contribution in [2.45, 2.75) is 77.5 Å². The van der Waals surface area contributed by atoms with Gasteiger partial charge in [-0.2, -0.15) is 0 Å². The number of benzene rings is 1. The summed E-state index contributed by atoms with van der Waals surface area (Å²) in [6, 6.07) is 5.94. The van der Waals surface area contributed by atoms with Crippen LogP contribution in [0.3, 0.4) is 0 Å². The number of hydrogen-bond acceptors (Lipinski definition) is 10. The molecule has 0 aliphatic carbocycles. The van der Waals surface area contributed by atoms with Gasteiger partial charge in [-0.15, -0.1) is 0 Å². The van der Waals surface area contributed by atoms with Crippen molar-refractivity contribution in [1.82, 2.24) is 54.9 Å². The summed E-state index contributed by atoms with van der Waals surface area (Å²) in [5, 5.41) is 14.1. The molecule has 58 heavy (non-hydrogen) atoms. The van der Waals surface area contributed by atoms with E-state index in [1.807, 2.05) is 52.0 Å². The first kappa shape index (κ1) is 39.8. The molecule has 0 bridgehead atoms. The highest BCUT2D eigenvalue weighted by atomic mass is 16.5. The zero-order valence-corrected chi connectivity index (χ0v) is 33.5. The molecule has 2 aliphatic rings. The number of aromatic amines is 2. The normalized spacial score (nSPS) is 17.9. The minimum atomic E-state index is -1.14. The van der Waals surface area contributed by atoms with Crippen LogP contribution in [0.25, 0.3) is 44.8 Å². The fraction of sp³-hybridized carbons (Fsp3) is 0.439. The lowest BCUT2D eigenvalue weighted by molar-refractivity contribution is -0.138. The van der Waals surface area contributed by atoms with Crippen molar-refractivity contribution in [3.8, 4) is 34.0 Å². The molecule has 7 rings (SSSR count). The van der Waals surface area contributed by atoms with Gasteiger partial charge in [0.15, 0.2) is 5.82 Å². The van der Waals surface area contributed by atoms with E-state index in [1.54, 1.807) is 40.8 Å². The Kier molecular flexibility index (Phi) is 11.4. The van der Waals surface area contributed by atoms with Gasteiger partial charge in [0.25, 0.3) is 0 Å². The van der Waals surface area contributed by atoms with Crippen molar-refractivity contribution in [3.63, 3.8) is 0 Å². The fourth-order valence-corrected chi connectivity index (χ4v) is 8.03. The molecule has 0 spiro atoms. The molecule has 0 saturated carbocycles. The molecular weight excluding hydrogens is 743 g/mol. The number of carbonyl (C=O) groups excluding carboxylic acids is 3. The van der Waals surface area contributed by atoms with Crippen LogP contribution in [0.15, 0.2) is 55.2 Å². The van der Waals surface area contributed by atoms with Crippen LogP contribution in [-0.4, -0.2) is 118 Å². The summed E-state index contributed by atoms with van der Waals surface area (Å²) in [6.07, 6.45) is 10.0. The minimum Gasteiger partial charge on any atom is -0.465 e. The predicted octanol–water partition coefficient (Wildman–Crippen LogP) is 5.81. The summed E-state index contributed by atoms with van der Waals surface area (Å²) in [5.41, 5.74) is 3.66. The lowest BCUT2D eigenvalue weighted by Gasteiger charge is -2.33. The van der Waals surface area contributed by atoms with E-state index in [0.717, 1.165) is 46.2 Å². The van der Waals surface area contributed by atoms with Crippen LogP contribution in [0.5, 0.6) is 0 Å². The Morgan fingerprint density at radius 1 is 0.828 bits per heavy atom. The summed E-state index contributed by atoms with van der Waals surface area (Å²) < 4.78 is 4.75. The number of fused-ring (bicyclic) bond motifs is 1. The van der Waals surface area contributed by atoms with E-state index in [1.165, 1.54) is 14.2 Å². The van der Waals surface area contributed by atoms with Gasteiger partial charge in [0, 0.05) is 61.4 Å². The summed E-state index contributed by atoms with van der Waals surface area (Å²) in [7, 11) is 2.71. The zero-order chi connectivity index (χ0) is 41.2. The van der Waals surface area contributed by atoms with E-state index in [9.17, 15) is 24.3 Å². The highest BCUT2D eigenvalue weighted by Crippen LogP contribution is 2.35. The molecule has 2 saturated heterocycles. The van der Waals surface area contributed by atoms with Gasteiger partial charge in [-0.1, -0.05) is 39.8 Å². The maximum Gasteiger partial charge on any atom is 0.407 e. The number of amides is 4. The number of aromatic nitrogens is 7. The second-order valence-electron chi connectivity index (χ2n) is 15.6.